The average molecular weight is 372 g/mol. The highest BCUT2D eigenvalue weighted by Crippen LogP contribution is 2.38. The second-order valence-electron chi connectivity index (χ2n) is 6.62. The van der Waals surface area contributed by atoms with Crippen molar-refractivity contribution in [3.05, 3.63) is 58.9 Å². The van der Waals surface area contributed by atoms with Crippen molar-refractivity contribution < 1.29 is 23.8 Å². The first kappa shape index (κ1) is 18.8. The highest BCUT2D eigenvalue weighted by atomic mass is 19.1. The van der Waals surface area contributed by atoms with Gasteiger partial charge in [0.05, 0.1) is 18.4 Å². The maximum absolute atomic E-state index is 15.4. The third-order valence-electron chi connectivity index (χ3n) is 4.97. The maximum Gasteiger partial charge on any atom is 0.337 e. The number of pyridine rings is 1. The van der Waals surface area contributed by atoms with Gasteiger partial charge in [0.15, 0.2) is 0 Å². The molecule has 27 heavy (non-hydrogen) atoms. The quantitative estimate of drug-likeness (QED) is 0.892. The molecule has 0 saturated carbocycles. The molecule has 2 heterocycles. The lowest BCUT2D eigenvalue weighted by molar-refractivity contribution is 0.0415. The summed E-state index contributed by atoms with van der Waals surface area (Å²) in [5.41, 5.74) is -0.450. The van der Waals surface area contributed by atoms with E-state index in [1.807, 2.05) is 0 Å². The van der Waals surface area contributed by atoms with Gasteiger partial charge in [-0.25, -0.2) is 14.2 Å². The van der Waals surface area contributed by atoms with Crippen molar-refractivity contribution in [2.24, 2.45) is 0 Å². The van der Waals surface area contributed by atoms with Crippen LogP contribution in [0, 0.1) is 6.92 Å². The zero-order valence-corrected chi connectivity index (χ0v) is 15.2. The average Bonchev–Trinajstić information content (AvgIpc) is 2.67. The molecule has 0 atom stereocenters. The van der Waals surface area contributed by atoms with E-state index in [4.69, 9.17) is 9.84 Å². The fourth-order valence-corrected chi connectivity index (χ4v) is 3.32. The van der Waals surface area contributed by atoms with Crippen molar-refractivity contribution in [1.29, 1.82) is 0 Å². The number of halogens is 1. The Balaban J connectivity index is 1.72. The molecule has 6 nitrogen and oxygen atoms in total. The minimum Gasteiger partial charge on any atom is -0.497 e. The van der Waals surface area contributed by atoms with Crippen LogP contribution in [0.2, 0.25) is 0 Å². The lowest BCUT2D eigenvalue weighted by atomic mass is 9.86. The summed E-state index contributed by atoms with van der Waals surface area (Å²) in [4.78, 5) is 29.4. The summed E-state index contributed by atoms with van der Waals surface area (Å²) in [6.45, 7) is 2.06. The van der Waals surface area contributed by atoms with Crippen molar-refractivity contribution >= 4 is 11.9 Å². The number of piperidine rings is 1. The van der Waals surface area contributed by atoms with Gasteiger partial charge in [-0.05, 0) is 36.8 Å². The van der Waals surface area contributed by atoms with Crippen molar-refractivity contribution in [3.8, 4) is 5.75 Å². The Morgan fingerprint density at radius 2 is 1.93 bits per heavy atom. The van der Waals surface area contributed by atoms with E-state index >= 15 is 4.39 Å². The minimum absolute atomic E-state index is 0.0611. The normalized spacial score (nSPS) is 16.0. The molecular formula is C20H21FN2O4. The standard InChI is InChI=1S/C20H21FN2O4/c1-13-16(19(25)26)6-7-17(22-13)18(24)23-10-8-20(21,9-11-23)14-4-3-5-15(12-14)27-2/h3-7,12H,8-11H2,1-2H3,(H,25,26). The Labute approximate surface area is 156 Å². The second-order valence-corrected chi connectivity index (χ2v) is 6.62. The molecule has 142 valence electrons. The summed E-state index contributed by atoms with van der Waals surface area (Å²) >= 11 is 0. The van der Waals surface area contributed by atoms with E-state index in [1.54, 1.807) is 36.1 Å². The van der Waals surface area contributed by atoms with Crippen molar-refractivity contribution in [2.45, 2.75) is 25.4 Å². The van der Waals surface area contributed by atoms with Crippen LogP contribution in [0.15, 0.2) is 36.4 Å². The molecule has 1 N–H and O–H groups in total. The third kappa shape index (κ3) is 3.77. The molecule has 1 amide bonds. The molecule has 1 aromatic heterocycles. The number of alkyl halides is 1. The number of amides is 1. The van der Waals surface area contributed by atoms with E-state index in [9.17, 15) is 9.59 Å². The zero-order chi connectivity index (χ0) is 19.6. The molecule has 0 unspecified atom stereocenters. The van der Waals surface area contributed by atoms with Crippen LogP contribution in [-0.2, 0) is 5.67 Å². The predicted octanol–water partition coefficient (Wildman–Crippen LogP) is 3.20. The molecule has 1 fully saturated rings. The molecule has 0 spiro atoms. The smallest absolute Gasteiger partial charge is 0.337 e. The molecule has 0 bridgehead atoms. The third-order valence-corrected chi connectivity index (χ3v) is 4.97. The molecule has 2 aromatic rings. The van der Waals surface area contributed by atoms with Crippen LogP contribution in [0.4, 0.5) is 4.39 Å². The number of hydrogen-bond donors (Lipinski definition) is 1. The fourth-order valence-electron chi connectivity index (χ4n) is 3.32. The number of rotatable bonds is 4. The lowest BCUT2D eigenvalue weighted by Gasteiger charge is -2.36. The number of benzene rings is 1. The number of aromatic carboxylic acids is 1. The van der Waals surface area contributed by atoms with Gasteiger partial charge in [-0.15, -0.1) is 0 Å². The van der Waals surface area contributed by atoms with E-state index in [0.717, 1.165) is 0 Å². The first-order valence-corrected chi connectivity index (χ1v) is 8.68. The molecule has 1 aliphatic heterocycles. The molecule has 1 aromatic carbocycles. The van der Waals surface area contributed by atoms with Gasteiger partial charge in [0, 0.05) is 25.9 Å². The summed E-state index contributed by atoms with van der Waals surface area (Å²) in [5, 5.41) is 9.06. The Morgan fingerprint density at radius 1 is 1.22 bits per heavy atom. The number of hydrogen-bond acceptors (Lipinski definition) is 4. The van der Waals surface area contributed by atoms with Crippen LogP contribution in [0.1, 0.15) is 44.9 Å². The van der Waals surface area contributed by atoms with Gasteiger partial charge >= 0.3 is 5.97 Å². The van der Waals surface area contributed by atoms with Crippen molar-refractivity contribution in [3.63, 3.8) is 0 Å². The van der Waals surface area contributed by atoms with Gasteiger partial charge in [-0.2, -0.15) is 0 Å². The van der Waals surface area contributed by atoms with Gasteiger partial charge in [-0.1, -0.05) is 12.1 Å². The van der Waals surface area contributed by atoms with E-state index in [2.05, 4.69) is 4.98 Å². The number of carboxylic acid groups (broad SMARTS) is 1. The molecule has 1 saturated heterocycles. The Morgan fingerprint density at radius 3 is 2.52 bits per heavy atom. The topological polar surface area (TPSA) is 79.7 Å². The first-order chi connectivity index (χ1) is 12.8. The summed E-state index contributed by atoms with van der Waals surface area (Å²) in [6.07, 6.45) is 0.357. The summed E-state index contributed by atoms with van der Waals surface area (Å²) in [7, 11) is 1.54. The Bertz CT molecular complexity index is 876. The number of methoxy groups -OCH3 is 1. The lowest BCUT2D eigenvalue weighted by Crippen LogP contribution is -2.43. The molecule has 1 aliphatic rings. The number of carboxylic acids is 1. The highest BCUT2D eigenvalue weighted by molar-refractivity contribution is 5.94. The van der Waals surface area contributed by atoms with E-state index in [0.29, 0.717) is 11.3 Å². The van der Waals surface area contributed by atoms with Crippen LogP contribution in [0.3, 0.4) is 0 Å². The first-order valence-electron chi connectivity index (χ1n) is 8.68. The summed E-state index contributed by atoms with van der Waals surface area (Å²) in [6, 6.07) is 9.71. The van der Waals surface area contributed by atoms with Crippen LogP contribution < -0.4 is 4.74 Å². The van der Waals surface area contributed by atoms with Gasteiger partial charge in [0.25, 0.3) is 5.91 Å². The Hall–Kier alpha value is -2.96. The molecule has 3 rings (SSSR count). The summed E-state index contributed by atoms with van der Waals surface area (Å²) in [5.74, 6) is -0.804. The number of ether oxygens (including phenoxy) is 1. The number of aromatic nitrogens is 1. The van der Waals surface area contributed by atoms with E-state index < -0.39 is 11.6 Å². The van der Waals surface area contributed by atoms with Crippen LogP contribution >= 0.6 is 0 Å². The van der Waals surface area contributed by atoms with E-state index in [1.165, 1.54) is 19.2 Å². The van der Waals surface area contributed by atoms with Crippen LogP contribution in [-0.4, -0.2) is 47.1 Å². The number of carbonyl (C=O) groups excluding carboxylic acids is 1. The fraction of sp³-hybridized carbons (Fsp3) is 0.350. The molecular weight excluding hydrogens is 351 g/mol. The number of carbonyl (C=O) groups is 2. The van der Waals surface area contributed by atoms with Gasteiger partial charge in [0.1, 0.15) is 17.1 Å². The largest absolute Gasteiger partial charge is 0.497 e. The van der Waals surface area contributed by atoms with E-state index in [-0.39, 0.29) is 48.8 Å². The monoisotopic (exact) mass is 372 g/mol. The van der Waals surface area contributed by atoms with Crippen molar-refractivity contribution in [2.75, 3.05) is 20.2 Å². The van der Waals surface area contributed by atoms with Crippen LogP contribution in [0.25, 0.3) is 0 Å². The van der Waals surface area contributed by atoms with Gasteiger partial charge < -0.3 is 14.7 Å². The maximum atomic E-state index is 15.4. The van der Waals surface area contributed by atoms with Gasteiger partial charge in [-0.3, -0.25) is 4.79 Å². The molecule has 7 heteroatoms. The molecule has 0 radical (unpaired) electrons. The number of nitrogens with zero attached hydrogens (tertiary/aromatic N) is 2. The number of aryl methyl sites for hydroxylation is 1. The molecule has 0 aliphatic carbocycles. The van der Waals surface area contributed by atoms with Crippen LogP contribution in [0.5, 0.6) is 5.75 Å². The van der Waals surface area contributed by atoms with Crippen molar-refractivity contribution in [1.82, 2.24) is 9.88 Å². The number of likely N-dealkylation sites (tertiary alicyclic amines) is 1. The highest BCUT2D eigenvalue weighted by Gasteiger charge is 2.38. The SMILES string of the molecule is COc1cccc(C2(F)CCN(C(=O)c3ccc(C(=O)O)c(C)n3)CC2)c1. The zero-order valence-electron chi connectivity index (χ0n) is 15.2. The Kier molecular flexibility index (Phi) is 5.12. The second kappa shape index (κ2) is 7.34. The summed E-state index contributed by atoms with van der Waals surface area (Å²) < 4.78 is 20.6. The predicted molar refractivity (Wildman–Crippen MR) is 96.9 cm³/mol. The minimum atomic E-state index is -1.51. The van der Waals surface area contributed by atoms with Gasteiger partial charge in [0.2, 0.25) is 0 Å².